The van der Waals surface area contributed by atoms with E-state index in [1.807, 2.05) is 37.4 Å². The summed E-state index contributed by atoms with van der Waals surface area (Å²) in [5.41, 5.74) is 2.96. The molecule has 176 valence electrons. The van der Waals surface area contributed by atoms with Gasteiger partial charge in [-0.05, 0) is 53.6 Å². The Balaban J connectivity index is 1.53. The van der Waals surface area contributed by atoms with E-state index in [0.717, 1.165) is 21.6 Å². The summed E-state index contributed by atoms with van der Waals surface area (Å²) in [5, 5.41) is 4.90. The Morgan fingerprint density at radius 2 is 2.00 bits per heavy atom. The van der Waals surface area contributed by atoms with E-state index in [9.17, 15) is 14.0 Å². The predicted molar refractivity (Wildman–Crippen MR) is 132 cm³/mol. The molecule has 0 spiro atoms. The molecule has 3 aromatic rings. The van der Waals surface area contributed by atoms with Gasteiger partial charge < -0.3 is 15.0 Å². The first-order valence-corrected chi connectivity index (χ1v) is 11.8. The predicted octanol–water partition coefficient (Wildman–Crippen LogP) is 5.13. The van der Waals surface area contributed by atoms with Gasteiger partial charge in [0.1, 0.15) is 24.0 Å². The monoisotopic (exact) mass is 479 g/mol. The van der Waals surface area contributed by atoms with Crippen molar-refractivity contribution in [3.8, 4) is 5.75 Å². The van der Waals surface area contributed by atoms with Crippen LogP contribution in [0.5, 0.6) is 5.75 Å². The molecule has 1 aromatic carbocycles. The highest BCUT2D eigenvalue weighted by Crippen LogP contribution is 2.41. The zero-order valence-electron chi connectivity index (χ0n) is 19.5. The molecule has 8 heteroatoms. The van der Waals surface area contributed by atoms with Gasteiger partial charge in [-0.15, -0.1) is 11.3 Å². The maximum Gasteiger partial charge on any atom is 0.256 e. The lowest BCUT2D eigenvalue weighted by atomic mass is 9.80. The van der Waals surface area contributed by atoms with E-state index < -0.39 is 17.6 Å². The average Bonchev–Trinajstić information content (AvgIpc) is 3.30. The number of pyridine rings is 1. The number of rotatable bonds is 6. The van der Waals surface area contributed by atoms with Gasteiger partial charge in [0.25, 0.3) is 5.91 Å². The summed E-state index contributed by atoms with van der Waals surface area (Å²) in [6.07, 6.45) is 3.63. The summed E-state index contributed by atoms with van der Waals surface area (Å²) >= 11 is 1.59. The minimum atomic E-state index is -0.637. The number of hydrogen-bond acceptors (Lipinski definition) is 5. The normalized spacial score (nSPS) is 16.9. The number of amides is 2. The number of halogens is 1. The molecular formula is C26H26FN3O3S. The van der Waals surface area contributed by atoms with Crippen molar-refractivity contribution in [3.05, 3.63) is 81.4 Å². The Morgan fingerprint density at radius 3 is 2.68 bits per heavy atom. The van der Waals surface area contributed by atoms with E-state index in [1.165, 1.54) is 17.0 Å². The highest BCUT2D eigenvalue weighted by Gasteiger charge is 2.32. The maximum atomic E-state index is 14.5. The van der Waals surface area contributed by atoms with Crippen LogP contribution in [0.4, 0.5) is 10.2 Å². The Hall–Kier alpha value is -3.52. The first-order chi connectivity index (χ1) is 16.2. The van der Waals surface area contributed by atoms with Crippen molar-refractivity contribution in [1.82, 2.24) is 9.88 Å². The molecule has 2 heterocycles. The van der Waals surface area contributed by atoms with Crippen molar-refractivity contribution >= 4 is 34.5 Å². The molecule has 4 rings (SSSR count). The number of aryl methyl sites for hydroxylation is 1. The second kappa shape index (κ2) is 9.77. The zero-order chi connectivity index (χ0) is 24.4. The van der Waals surface area contributed by atoms with Gasteiger partial charge in [0.2, 0.25) is 5.91 Å². The number of nitrogens with one attached hydrogen (secondary N) is 1. The third kappa shape index (κ3) is 4.87. The smallest absolute Gasteiger partial charge is 0.256 e. The summed E-state index contributed by atoms with van der Waals surface area (Å²) < 4.78 is 20.3. The standard InChI is InChI=1S/C26H26FN3O3S/c1-15-5-8-23(28-13-15)29-25(31)21-11-17(24-19(16(21)2)9-10-34-24)14-33-18-6-7-20(22(27)12-18)26(32)30(3)4/h5-13,16,21H,14H2,1-4H3,(H,28,29,31). The molecule has 0 saturated carbocycles. The van der Waals surface area contributed by atoms with Crippen molar-refractivity contribution in [2.24, 2.45) is 5.92 Å². The topological polar surface area (TPSA) is 71.5 Å². The van der Waals surface area contributed by atoms with E-state index in [1.54, 1.807) is 43.8 Å². The molecule has 2 aromatic heterocycles. The second-order valence-corrected chi connectivity index (χ2v) is 9.47. The van der Waals surface area contributed by atoms with Gasteiger partial charge in [0, 0.05) is 36.8 Å². The Labute approximate surface area is 202 Å². The lowest BCUT2D eigenvalue weighted by Crippen LogP contribution is -2.29. The molecular weight excluding hydrogens is 453 g/mol. The van der Waals surface area contributed by atoms with E-state index in [4.69, 9.17) is 4.74 Å². The molecule has 0 fully saturated rings. The summed E-state index contributed by atoms with van der Waals surface area (Å²) in [7, 11) is 3.14. The van der Waals surface area contributed by atoms with Crippen molar-refractivity contribution in [1.29, 1.82) is 0 Å². The molecule has 0 radical (unpaired) electrons. The highest BCUT2D eigenvalue weighted by atomic mass is 32.1. The fraction of sp³-hybridized carbons (Fsp3) is 0.269. The Morgan fingerprint density at radius 1 is 1.21 bits per heavy atom. The largest absolute Gasteiger partial charge is 0.489 e. The number of aromatic nitrogens is 1. The van der Waals surface area contributed by atoms with E-state index in [0.29, 0.717) is 11.6 Å². The van der Waals surface area contributed by atoms with E-state index in [-0.39, 0.29) is 24.0 Å². The van der Waals surface area contributed by atoms with Gasteiger partial charge in [-0.2, -0.15) is 0 Å². The van der Waals surface area contributed by atoms with Gasteiger partial charge in [0.05, 0.1) is 11.5 Å². The number of thiophene rings is 1. The number of anilines is 1. The number of ether oxygens (including phenoxy) is 1. The minimum Gasteiger partial charge on any atom is -0.489 e. The number of fused-ring (bicyclic) bond motifs is 1. The zero-order valence-corrected chi connectivity index (χ0v) is 20.3. The van der Waals surface area contributed by atoms with Crippen LogP contribution in [0.2, 0.25) is 0 Å². The number of carbonyl (C=O) groups excluding carboxylic acids is 2. The van der Waals surface area contributed by atoms with Gasteiger partial charge in [-0.3, -0.25) is 9.59 Å². The van der Waals surface area contributed by atoms with Gasteiger partial charge in [0.15, 0.2) is 0 Å². The lowest BCUT2D eigenvalue weighted by molar-refractivity contribution is -0.119. The van der Waals surface area contributed by atoms with Gasteiger partial charge in [-0.1, -0.05) is 19.1 Å². The fourth-order valence-electron chi connectivity index (χ4n) is 3.90. The highest BCUT2D eigenvalue weighted by molar-refractivity contribution is 7.11. The van der Waals surface area contributed by atoms with Crippen molar-refractivity contribution in [2.75, 3.05) is 26.0 Å². The SMILES string of the molecule is Cc1ccc(NC(=O)C2C=C(COc3ccc(C(=O)N(C)C)c(F)c3)c3sccc3C2C)nc1. The molecule has 0 aliphatic heterocycles. The molecule has 1 aliphatic carbocycles. The number of benzene rings is 1. The lowest BCUT2D eigenvalue weighted by Gasteiger charge is -2.27. The third-order valence-corrected chi connectivity index (χ3v) is 6.84. The minimum absolute atomic E-state index is 0.00921. The fourth-order valence-corrected chi connectivity index (χ4v) is 4.92. The molecule has 0 saturated heterocycles. The summed E-state index contributed by atoms with van der Waals surface area (Å²) in [4.78, 5) is 31.8. The second-order valence-electron chi connectivity index (χ2n) is 8.55. The third-order valence-electron chi connectivity index (χ3n) is 5.83. The van der Waals surface area contributed by atoms with Crippen LogP contribution < -0.4 is 10.1 Å². The summed E-state index contributed by atoms with van der Waals surface area (Å²) in [6.45, 7) is 4.14. The quantitative estimate of drug-likeness (QED) is 0.532. The van der Waals surface area contributed by atoms with Crippen molar-refractivity contribution in [2.45, 2.75) is 19.8 Å². The van der Waals surface area contributed by atoms with Crippen LogP contribution in [-0.4, -0.2) is 42.4 Å². The van der Waals surface area contributed by atoms with Gasteiger partial charge in [-0.25, -0.2) is 9.37 Å². The molecule has 2 atom stereocenters. The molecule has 6 nitrogen and oxygen atoms in total. The van der Waals surface area contributed by atoms with Crippen LogP contribution in [0, 0.1) is 18.7 Å². The average molecular weight is 480 g/mol. The molecule has 2 unspecified atom stereocenters. The van der Waals surface area contributed by atoms with E-state index in [2.05, 4.69) is 10.3 Å². The molecule has 1 aliphatic rings. The van der Waals surface area contributed by atoms with Crippen LogP contribution in [0.1, 0.15) is 39.2 Å². The van der Waals surface area contributed by atoms with Crippen molar-refractivity contribution < 1.29 is 18.7 Å². The summed E-state index contributed by atoms with van der Waals surface area (Å²) in [6, 6.07) is 9.92. The number of nitrogens with zero attached hydrogens (tertiary/aromatic N) is 2. The Kier molecular flexibility index (Phi) is 6.79. The number of carbonyl (C=O) groups is 2. The number of hydrogen-bond donors (Lipinski definition) is 1. The molecule has 1 N–H and O–H groups in total. The van der Waals surface area contributed by atoms with Crippen molar-refractivity contribution in [3.63, 3.8) is 0 Å². The van der Waals surface area contributed by atoms with Crippen LogP contribution in [0.3, 0.4) is 0 Å². The first-order valence-electron chi connectivity index (χ1n) is 10.9. The first kappa shape index (κ1) is 23.6. The molecule has 2 amide bonds. The van der Waals surface area contributed by atoms with Gasteiger partial charge >= 0.3 is 0 Å². The van der Waals surface area contributed by atoms with Crippen LogP contribution in [0.25, 0.3) is 5.57 Å². The molecule has 0 bridgehead atoms. The van der Waals surface area contributed by atoms with Crippen LogP contribution in [0.15, 0.2) is 54.1 Å². The molecule has 34 heavy (non-hydrogen) atoms. The summed E-state index contributed by atoms with van der Waals surface area (Å²) in [5.74, 6) is -0.779. The maximum absolute atomic E-state index is 14.5. The van der Waals surface area contributed by atoms with E-state index >= 15 is 0 Å². The van der Waals surface area contributed by atoms with Crippen LogP contribution in [-0.2, 0) is 4.79 Å². The van der Waals surface area contributed by atoms with Crippen LogP contribution >= 0.6 is 11.3 Å². The Bertz CT molecular complexity index is 1250.